The van der Waals surface area contributed by atoms with Crippen molar-refractivity contribution in [2.45, 2.75) is 72.4 Å². The van der Waals surface area contributed by atoms with Crippen LogP contribution >= 0.6 is 0 Å². The molecule has 0 bridgehead atoms. The molecule has 0 fully saturated rings. The topological polar surface area (TPSA) is 15.3 Å². The van der Waals surface area contributed by atoms with Crippen molar-refractivity contribution in [3.8, 4) is 0 Å². The summed E-state index contributed by atoms with van der Waals surface area (Å²) in [6.45, 7) is 16.2. The van der Waals surface area contributed by atoms with E-state index < -0.39 is 0 Å². The van der Waals surface area contributed by atoms with Crippen LogP contribution in [0, 0.1) is 5.92 Å². The van der Waals surface area contributed by atoms with E-state index in [0.29, 0.717) is 6.04 Å². The normalized spacial score (nSPS) is 19.1. The highest BCUT2D eigenvalue weighted by Gasteiger charge is 2.36. The maximum Gasteiger partial charge on any atom is 0.0331 e. The van der Waals surface area contributed by atoms with Crippen LogP contribution in [0.2, 0.25) is 0 Å². The lowest BCUT2D eigenvalue weighted by molar-refractivity contribution is 0.0636. The maximum atomic E-state index is 3.57. The van der Waals surface area contributed by atoms with Gasteiger partial charge in [-0.1, -0.05) is 41.0 Å². The van der Waals surface area contributed by atoms with Gasteiger partial charge < -0.3 is 5.32 Å². The van der Waals surface area contributed by atoms with E-state index in [0.717, 1.165) is 19.0 Å². The largest absolute Gasteiger partial charge is 0.315 e. The molecule has 0 aliphatic rings. The molecule has 0 rings (SSSR count). The van der Waals surface area contributed by atoms with Gasteiger partial charge in [0.15, 0.2) is 0 Å². The lowest BCUT2D eigenvalue weighted by atomic mass is 9.81. The van der Waals surface area contributed by atoms with Gasteiger partial charge in [0.05, 0.1) is 0 Å². The van der Waals surface area contributed by atoms with Crippen molar-refractivity contribution in [2.75, 3.05) is 20.1 Å². The van der Waals surface area contributed by atoms with Crippen molar-refractivity contribution in [1.82, 2.24) is 10.2 Å². The quantitative estimate of drug-likeness (QED) is 0.665. The molecule has 0 amide bonds. The van der Waals surface area contributed by atoms with Crippen molar-refractivity contribution >= 4 is 0 Å². The molecule has 2 heteroatoms. The third kappa shape index (κ3) is 4.26. The van der Waals surface area contributed by atoms with Crippen LogP contribution in [0.4, 0.5) is 0 Å². The zero-order valence-corrected chi connectivity index (χ0v) is 13.1. The lowest BCUT2D eigenvalue weighted by Crippen LogP contribution is -2.59. The van der Waals surface area contributed by atoms with Crippen molar-refractivity contribution in [2.24, 2.45) is 5.92 Å². The van der Waals surface area contributed by atoms with E-state index in [1.807, 2.05) is 0 Å². The molecular weight excluding hydrogens is 208 g/mol. The third-order valence-electron chi connectivity index (χ3n) is 4.64. The molecular formula is C15H34N2. The first-order valence-electron chi connectivity index (χ1n) is 7.42. The van der Waals surface area contributed by atoms with E-state index in [4.69, 9.17) is 0 Å². The molecule has 0 radical (unpaired) electrons. The third-order valence-corrected chi connectivity index (χ3v) is 4.64. The van der Waals surface area contributed by atoms with Crippen molar-refractivity contribution in [1.29, 1.82) is 0 Å². The summed E-state index contributed by atoms with van der Waals surface area (Å²) < 4.78 is 0. The Labute approximate surface area is 109 Å². The smallest absolute Gasteiger partial charge is 0.0331 e. The summed E-state index contributed by atoms with van der Waals surface area (Å²) in [4.78, 5) is 2.61. The minimum absolute atomic E-state index is 0.279. The first-order chi connectivity index (χ1) is 7.99. The van der Waals surface area contributed by atoms with Gasteiger partial charge >= 0.3 is 0 Å². The number of hydrogen-bond donors (Lipinski definition) is 1. The van der Waals surface area contributed by atoms with Gasteiger partial charge in [-0.3, -0.25) is 4.90 Å². The van der Waals surface area contributed by atoms with Gasteiger partial charge in [0.2, 0.25) is 0 Å². The number of nitrogens with one attached hydrogen (secondary N) is 1. The summed E-state index contributed by atoms with van der Waals surface area (Å²) in [7, 11) is 2.12. The first-order valence-corrected chi connectivity index (χ1v) is 7.42. The highest BCUT2D eigenvalue weighted by atomic mass is 15.2. The minimum atomic E-state index is 0.279. The molecule has 3 unspecified atom stereocenters. The summed E-state index contributed by atoms with van der Waals surface area (Å²) in [6.07, 6.45) is 3.75. The fourth-order valence-electron chi connectivity index (χ4n) is 2.89. The summed E-state index contributed by atoms with van der Waals surface area (Å²) >= 11 is 0. The molecule has 0 heterocycles. The average Bonchev–Trinajstić information content (AvgIpc) is 2.36. The summed E-state index contributed by atoms with van der Waals surface area (Å²) in [5.74, 6) is 0.800. The van der Waals surface area contributed by atoms with Crippen LogP contribution in [0.3, 0.4) is 0 Å². The number of hydrogen-bond acceptors (Lipinski definition) is 2. The van der Waals surface area contributed by atoms with E-state index in [1.165, 1.54) is 19.3 Å². The van der Waals surface area contributed by atoms with Crippen LogP contribution in [0.15, 0.2) is 0 Å². The van der Waals surface area contributed by atoms with Crippen LogP contribution in [-0.2, 0) is 0 Å². The highest BCUT2D eigenvalue weighted by molar-refractivity contribution is 4.95. The molecule has 0 aromatic carbocycles. The fraction of sp³-hybridized carbons (Fsp3) is 1.00. The number of likely N-dealkylation sites (N-methyl/N-ethyl adjacent to an activating group) is 2. The van der Waals surface area contributed by atoms with Crippen molar-refractivity contribution in [3.63, 3.8) is 0 Å². The van der Waals surface area contributed by atoms with Crippen LogP contribution in [0.5, 0.6) is 0 Å². The Morgan fingerprint density at radius 3 is 1.94 bits per heavy atom. The summed E-state index contributed by atoms with van der Waals surface area (Å²) in [5, 5.41) is 3.57. The average molecular weight is 242 g/mol. The molecule has 0 spiro atoms. The molecule has 0 aliphatic heterocycles. The predicted molar refractivity (Wildman–Crippen MR) is 78.5 cm³/mol. The summed E-state index contributed by atoms with van der Waals surface area (Å²) in [5.41, 5.74) is 0.279. The van der Waals surface area contributed by atoms with Gasteiger partial charge in [-0.25, -0.2) is 0 Å². The van der Waals surface area contributed by atoms with Crippen molar-refractivity contribution < 1.29 is 0 Å². The molecule has 0 aliphatic carbocycles. The van der Waals surface area contributed by atoms with E-state index in [1.54, 1.807) is 0 Å². The van der Waals surface area contributed by atoms with Crippen LogP contribution in [0.1, 0.15) is 60.8 Å². The van der Waals surface area contributed by atoms with Gasteiger partial charge in [0, 0.05) is 11.6 Å². The zero-order chi connectivity index (χ0) is 13.5. The van der Waals surface area contributed by atoms with Crippen molar-refractivity contribution in [3.05, 3.63) is 0 Å². The molecule has 2 nitrogen and oxygen atoms in total. The van der Waals surface area contributed by atoms with Gasteiger partial charge in [-0.05, 0) is 45.8 Å². The Morgan fingerprint density at radius 1 is 1.12 bits per heavy atom. The van der Waals surface area contributed by atoms with Gasteiger partial charge in [0.1, 0.15) is 0 Å². The Bertz CT molecular complexity index is 189. The second-order valence-electron chi connectivity index (χ2n) is 5.47. The minimum Gasteiger partial charge on any atom is -0.315 e. The molecule has 0 saturated heterocycles. The molecule has 104 valence electrons. The molecule has 0 saturated carbocycles. The predicted octanol–water partition coefficient (Wildman–Crippen LogP) is 3.52. The Morgan fingerprint density at radius 2 is 1.65 bits per heavy atom. The van der Waals surface area contributed by atoms with E-state index in [9.17, 15) is 0 Å². The van der Waals surface area contributed by atoms with Crippen LogP contribution in [-0.4, -0.2) is 36.6 Å². The highest BCUT2D eigenvalue weighted by Crippen LogP contribution is 2.28. The standard InChI is InChI=1S/C15H34N2/c1-8-13(5)12-14(16-7)15(6,9-2)17(10-3)11-4/h13-14,16H,8-12H2,1-7H3. The Balaban J connectivity index is 4.87. The maximum absolute atomic E-state index is 3.57. The zero-order valence-electron chi connectivity index (χ0n) is 13.1. The second-order valence-corrected chi connectivity index (χ2v) is 5.47. The van der Waals surface area contributed by atoms with E-state index >= 15 is 0 Å². The lowest BCUT2D eigenvalue weighted by Gasteiger charge is -2.46. The van der Waals surface area contributed by atoms with Gasteiger partial charge in [-0.15, -0.1) is 0 Å². The molecule has 0 aromatic rings. The monoisotopic (exact) mass is 242 g/mol. The fourth-order valence-corrected chi connectivity index (χ4v) is 2.89. The molecule has 17 heavy (non-hydrogen) atoms. The second kappa shape index (κ2) is 8.10. The van der Waals surface area contributed by atoms with Gasteiger partial charge in [0.25, 0.3) is 0 Å². The van der Waals surface area contributed by atoms with Crippen LogP contribution in [0.25, 0.3) is 0 Å². The van der Waals surface area contributed by atoms with E-state index in [2.05, 4.69) is 58.8 Å². The molecule has 0 aromatic heterocycles. The molecule has 3 atom stereocenters. The first kappa shape index (κ1) is 16.9. The van der Waals surface area contributed by atoms with Gasteiger partial charge in [-0.2, -0.15) is 0 Å². The number of rotatable bonds is 9. The summed E-state index contributed by atoms with van der Waals surface area (Å²) in [6, 6.07) is 0.586. The van der Waals surface area contributed by atoms with E-state index in [-0.39, 0.29) is 5.54 Å². The SMILES string of the molecule is CCC(C)CC(NC)C(C)(CC)N(CC)CC. The molecule has 1 N–H and O–H groups in total. The van der Waals surface area contributed by atoms with Crippen LogP contribution < -0.4 is 5.32 Å². The number of nitrogens with zero attached hydrogens (tertiary/aromatic N) is 1. The Kier molecular flexibility index (Phi) is 8.06. The Hall–Kier alpha value is -0.0800.